The van der Waals surface area contributed by atoms with Crippen LogP contribution in [0.3, 0.4) is 0 Å². The largest absolute Gasteiger partial charge is 0.588 e. The zero-order valence-corrected chi connectivity index (χ0v) is 12.4. The van der Waals surface area contributed by atoms with Crippen LogP contribution in [0.5, 0.6) is 0 Å². The summed E-state index contributed by atoms with van der Waals surface area (Å²) >= 11 is -2.07. The number of carbonyl (C=O) groups excluding carboxylic acids is 1. The molecule has 8 heteroatoms. The Kier molecular flexibility index (Phi) is 6.06. The van der Waals surface area contributed by atoms with E-state index in [-0.39, 0.29) is 10.8 Å². The van der Waals surface area contributed by atoms with Crippen LogP contribution < -0.4 is 10.5 Å². The molecule has 0 spiro atoms. The van der Waals surface area contributed by atoms with Crippen LogP contribution in [0.25, 0.3) is 0 Å². The number of hydrogen-bond donors (Lipinski definition) is 2. The van der Waals surface area contributed by atoms with Gasteiger partial charge in [0, 0.05) is 6.07 Å². The predicted molar refractivity (Wildman–Crippen MR) is 73.4 cm³/mol. The van der Waals surface area contributed by atoms with E-state index in [2.05, 4.69) is 4.72 Å². The molecule has 0 saturated carbocycles. The van der Waals surface area contributed by atoms with Gasteiger partial charge in [-0.1, -0.05) is 19.9 Å². The summed E-state index contributed by atoms with van der Waals surface area (Å²) in [6.45, 7) is 3.74. The third-order valence-corrected chi connectivity index (χ3v) is 3.70. The molecule has 118 valence electrons. The maximum absolute atomic E-state index is 12.6. The Morgan fingerprint density at radius 3 is 2.57 bits per heavy atom. The number of hydrogen-bond acceptors (Lipinski definition) is 3. The fourth-order valence-corrected chi connectivity index (χ4v) is 2.52. The number of nitrogens with one attached hydrogen (secondary N) is 1. The van der Waals surface area contributed by atoms with E-state index in [9.17, 15) is 22.5 Å². The van der Waals surface area contributed by atoms with E-state index < -0.39 is 35.1 Å². The molecule has 2 atom stereocenters. The van der Waals surface area contributed by atoms with Gasteiger partial charge in [0.05, 0.1) is 11.6 Å². The normalized spacial score (nSPS) is 14.9. The van der Waals surface area contributed by atoms with E-state index >= 15 is 0 Å². The molecule has 0 radical (unpaired) electrons. The Morgan fingerprint density at radius 2 is 2.05 bits per heavy atom. The van der Waals surface area contributed by atoms with Crippen molar-refractivity contribution >= 4 is 17.3 Å². The Bertz CT molecular complexity index is 495. The molecule has 0 fully saturated rings. The van der Waals surface area contributed by atoms with E-state index in [1.54, 1.807) is 0 Å². The van der Waals surface area contributed by atoms with Crippen LogP contribution >= 0.6 is 0 Å². The van der Waals surface area contributed by atoms with Gasteiger partial charge in [-0.25, -0.2) is 0 Å². The first-order valence-electron chi connectivity index (χ1n) is 6.26. The first kappa shape index (κ1) is 17.8. The van der Waals surface area contributed by atoms with Gasteiger partial charge < -0.3 is 10.3 Å². The fourth-order valence-electron chi connectivity index (χ4n) is 1.63. The minimum Gasteiger partial charge on any atom is -0.588 e. The van der Waals surface area contributed by atoms with Crippen molar-refractivity contribution < 1.29 is 22.5 Å². The van der Waals surface area contributed by atoms with Crippen LogP contribution in [0.2, 0.25) is 0 Å². The lowest BCUT2D eigenvalue weighted by Gasteiger charge is -2.16. The lowest BCUT2D eigenvalue weighted by molar-refractivity contribution is -0.137. The van der Waals surface area contributed by atoms with Crippen LogP contribution in [0, 0.1) is 5.92 Å². The zero-order valence-electron chi connectivity index (χ0n) is 11.6. The molecule has 21 heavy (non-hydrogen) atoms. The van der Waals surface area contributed by atoms with Gasteiger partial charge in [0.25, 0.3) is 5.91 Å². The molecule has 3 N–H and O–H groups in total. The van der Waals surface area contributed by atoms with Gasteiger partial charge >= 0.3 is 6.18 Å². The first-order chi connectivity index (χ1) is 9.61. The predicted octanol–water partition coefficient (Wildman–Crippen LogP) is 2.22. The highest BCUT2D eigenvalue weighted by Gasteiger charge is 2.32. The Hall–Kier alpha value is -1.25. The van der Waals surface area contributed by atoms with E-state index in [0.717, 1.165) is 18.2 Å². The molecule has 1 aromatic rings. The average molecular weight is 322 g/mol. The van der Waals surface area contributed by atoms with Gasteiger partial charge in [0.1, 0.15) is 11.4 Å². The van der Waals surface area contributed by atoms with Crippen molar-refractivity contribution in [3.63, 3.8) is 0 Å². The fraction of sp³-hybridized carbons (Fsp3) is 0.462. The van der Waals surface area contributed by atoms with Gasteiger partial charge in [0.2, 0.25) is 0 Å². The van der Waals surface area contributed by atoms with Gasteiger partial charge in [-0.05, 0) is 24.5 Å². The summed E-state index contributed by atoms with van der Waals surface area (Å²) in [5, 5.41) is 0. The van der Waals surface area contributed by atoms with Crippen molar-refractivity contribution in [1.29, 1.82) is 0 Å². The molecule has 2 unspecified atom stereocenters. The van der Waals surface area contributed by atoms with Crippen LogP contribution in [-0.4, -0.2) is 16.5 Å². The Labute approximate surface area is 124 Å². The van der Waals surface area contributed by atoms with Gasteiger partial charge in [-0.2, -0.15) is 17.9 Å². The second-order valence-corrected chi connectivity index (χ2v) is 6.21. The number of carbonyl (C=O) groups is 1. The van der Waals surface area contributed by atoms with Crippen molar-refractivity contribution in [3.8, 4) is 0 Å². The number of nitrogens with two attached hydrogens (primary N) is 1. The summed E-state index contributed by atoms with van der Waals surface area (Å²) in [5.74, 6) is -0.479. The lowest BCUT2D eigenvalue weighted by atomic mass is 10.0. The van der Waals surface area contributed by atoms with Crippen molar-refractivity contribution in [1.82, 2.24) is 4.72 Å². The molecule has 1 aromatic carbocycles. The second-order valence-electron chi connectivity index (χ2n) is 5.00. The molecule has 1 rings (SSSR count). The van der Waals surface area contributed by atoms with Crippen molar-refractivity contribution in [2.45, 2.75) is 37.4 Å². The first-order valence-corrected chi connectivity index (χ1v) is 7.41. The highest BCUT2D eigenvalue weighted by atomic mass is 32.2. The molecule has 0 saturated heterocycles. The quantitative estimate of drug-likeness (QED) is 0.816. The average Bonchev–Trinajstić information content (AvgIpc) is 2.37. The third-order valence-electron chi connectivity index (χ3n) is 2.63. The van der Waals surface area contributed by atoms with Gasteiger partial charge in [-0.3, -0.25) is 4.79 Å². The molecule has 0 aliphatic rings. The SMILES string of the molecule is CC(C)CC(N)C(=O)N[S+]([O-])c1cccc(C(F)(F)F)c1. The van der Waals surface area contributed by atoms with Crippen LogP contribution in [-0.2, 0) is 22.3 Å². The summed E-state index contributed by atoms with van der Waals surface area (Å²) in [5.41, 5.74) is 4.70. The number of alkyl halides is 3. The maximum Gasteiger partial charge on any atom is 0.416 e. The molecule has 0 bridgehead atoms. The summed E-state index contributed by atoms with van der Waals surface area (Å²) in [7, 11) is 0. The van der Waals surface area contributed by atoms with Gasteiger partial charge in [0.15, 0.2) is 4.90 Å². The Morgan fingerprint density at radius 1 is 1.43 bits per heavy atom. The second kappa shape index (κ2) is 7.15. The summed E-state index contributed by atoms with van der Waals surface area (Å²) < 4.78 is 51.7. The topological polar surface area (TPSA) is 78.2 Å². The Balaban J connectivity index is 2.76. The summed E-state index contributed by atoms with van der Waals surface area (Å²) in [4.78, 5) is 11.6. The highest BCUT2D eigenvalue weighted by Crippen LogP contribution is 2.30. The summed E-state index contributed by atoms with van der Waals surface area (Å²) in [6, 6.07) is 3.15. The molecular formula is C13H17F3N2O2S. The monoisotopic (exact) mass is 322 g/mol. The zero-order chi connectivity index (χ0) is 16.2. The molecule has 4 nitrogen and oxygen atoms in total. The van der Waals surface area contributed by atoms with E-state index in [0.29, 0.717) is 6.42 Å². The van der Waals surface area contributed by atoms with Crippen molar-refractivity contribution in [2.75, 3.05) is 0 Å². The summed E-state index contributed by atoms with van der Waals surface area (Å²) in [6.07, 6.45) is -4.14. The highest BCUT2D eigenvalue weighted by molar-refractivity contribution is 7.90. The smallest absolute Gasteiger partial charge is 0.416 e. The standard InChI is InChI=1S/C13H17F3N2O2S/c1-8(2)6-11(17)12(19)18-21(20)10-5-3-4-9(7-10)13(14,15)16/h3-5,7-8,11H,6,17H2,1-2H3,(H,18,19). The van der Waals surface area contributed by atoms with Gasteiger partial charge in [-0.15, -0.1) is 0 Å². The number of amides is 1. The third kappa shape index (κ3) is 5.56. The number of halogens is 3. The van der Waals surface area contributed by atoms with Crippen LogP contribution in [0.15, 0.2) is 29.2 Å². The van der Waals surface area contributed by atoms with Crippen molar-refractivity contribution in [3.05, 3.63) is 29.8 Å². The minimum atomic E-state index is -4.53. The molecule has 0 aliphatic heterocycles. The van der Waals surface area contributed by atoms with E-state index in [1.807, 2.05) is 13.8 Å². The lowest BCUT2D eigenvalue weighted by Crippen LogP contribution is -2.44. The molecule has 1 amide bonds. The number of rotatable bonds is 5. The molecule has 0 aliphatic carbocycles. The van der Waals surface area contributed by atoms with Crippen LogP contribution in [0.4, 0.5) is 13.2 Å². The number of benzene rings is 1. The molecule has 0 aromatic heterocycles. The maximum atomic E-state index is 12.6. The van der Waals surface area contributed by atoms with Crippen molar-refractivity contribution in [2.24, 2.45) is 11.7 Å². The van der Waals surface area contributed by atoms with E-state index in [1.165, 1.54) is 6.07 Å². The minimum absolute atomic E-state index is 0.130. The molecular weight excluding hydrogens is 305 g/mol. The van der Waals surface area contributed by atoms with Crippen LogP contribution in [0.1, 0.15) is 25.8 Å². The van der Waals surface area contributed by atoms with E-state index in [4.69, 9.17) is 5.73 Å². The molecule has 0 heterocycles.